The molecule has 0 amide bonds. The van der Waals surface area contributed by atoms with Crippen LogP contribution in [0.4, 0.5) is 5.69 Å². The van der Waals surface area contributed by atoms with E-state index < -0.39 is 0 Å². The number of pyridine rings is 1. The molecule has 3 heteroatoms. The summed E-state index contributed by atoms with van der Waals surface area (Å²) in [6, 6.07) is 23.8. The maximum atomic E-state index is 2.25. The molecular weight excluding hydrogens is 348 g/mol. The number of fused-ring (bicyclic) bond motifs is 1. The van der Waals surface area contributed by atoms with Gasteiger partial charge >= 0.3 is 0 Å². The predicted octanol–water partition coefficient (Wildman–Crippen LogP) is 5.63. The minimum Gasteiger partial charge on any atom is -0.378 e. The molecule has 27 heavy (non-hydrogen) atoms. The van der Waals surface area contributed by atoms with Crippen molar-refractivity contribution in [3.8, 4) is 11.1 Å². The second-order valence-corrected chi connectivity index (χ2v) is 7.83. The maximum Gasteiger partial charge on any atom is 0.212 e. The predicted molar refractivity (Wildman–Crippen MR) is 118 cm³/mol. The molecule has 0 atom stereocenters. The third-order valence-electron chi connectivity index (χ3n) is 4.86. The van der Waals surface area contributed by atoms with Crippen molar-refractivity contribution in [2.75, 3.05) is 19.0 Å². The first-order valence-electron chi connectivity index (χ1n) is 9.04. The average molecular weight is 372 g/mol. The van der Waals surface area contributed by atoms with Crippen molar-refractivity contribution < 1.29 is 4.57 Å². The Labute approximate surface area is 164 Å². The van der Waals surface area contributed by atoms with Crippen molar-refractivity contribution >= 4 is 40.1 Å². The Balaban J connectivity index is 1.62. The Hall–Kier alpha value is -2.91. The van der Waals surface area contributed by atoms with Crippen LogP contribution in [-0.2, 0) is 7.05 Å². The van der Waals surface area contributed by atoms with Gasteiger partial charge < -0.3 is 4.90 Å². The van der Waals surface area contributed by atoms with E-state index >= 15 is 0 Å². The molecule has 0 saturated carbocycles. The van der Waals surface area contributed by atoms with Gasteiger partial charge in [0.05, 0.1) is 0 Å². The van der Waals surface area contributed by atoms with E-state index in [2.05, 4.69) is 115 Å². The Bertz CT molecular complexity index is 1110. The van der Waals surface area contributed by atoms with Gasteiger partial charge in [-0.1, -0.05) is 30.3 Å². The normalized spacial score (nSPS) is 11.4. The van der Waals surface area contributed by atoms with Crippen LogP contribution in [-0.4, -0.2) is 14.1 Å². The van der Waals surface area contributed by atoms with Gasteiger partial charge in [0.1, 0.15) is 7.05 Å². The first-order valence-corrected chi connectivity index (χ1v) is 9.92. The number of aryl methyl sites for hydroxylation is 1. The molecule has 0 bridgehead atoms. The van der Waals surface area contributed by atoms with E-state index in [9.17, 15) is 0 Å². The summed E-state index contributed by atoms with van der Waals surface area (Å²) < 4.78 is 2.25. The lowest BCUT2D eigenvalue weighted by molar-refractivity contribution is -0.646. The van der Waals surface area contributed by atoms with E-state index in [0.29, 0.717) is 0 Å². The Morgan fingerprint density at radius 1 is 0.852 bits per heavy atom. The highest BCUT2D eigenvalue weighted by Crippen LogP contribution is 2.26. The fourth-order valence-corrected chi connectivity index (χ4v) is 4.05. The largest absolute Gasteiger partial charge is 0.378 e. The molecule has 2 nitrogen and oxygen atoms in total. The highest BCUT2D eigenvalue weighted by Gasteiger charge is 2.10. The Morgan fingerprint density at radius 2 is 1.67 bits per heavy atom. The van der Waals surface area contributed by atoms with Crippen molar-refractivity contribution in [2.24, 2.45) is 7.05 Å². The number of thiophene rings is 1. The van der Waals surface area contributed by atoms with E-state index in [1.807, 2.05) is 0 Å². The van der Waals surface area contributed by atoms with Gasteiger partial charge in [0, 0.05) is 48.3 Å². The molecule has 2 aromatic heterocycles. The first-order chi connectivity index (χ1) is 13.1. The van der Waals surface area contributed by atoms with Crippen molar-refractivity contribution in [1.82, 2.24) is 0 Å². The lowest BCUT2D eigenvalue weighted by Gasteiger charge is -2.12. The second-order valence-electron chi connectivity index (χ2n) is 6.89. The molecule has 0 aliphatic heterocycles. The zero-order valence-electron chi connectivity index (χ0n) is 15.9. The van der Waals surface area contributed by atoms with Gasteiger partial charge in [-0.05, 0) is 46.8 Å². The molecule has 0 aliphatic rings. The number of hydrogen-bond donors (Lipinski definition) is 0. The van der Waals surface area contributed by atoms with Gasteiger partial charge in [0.25, 0.3) is 0 Å². The van der Waals surface area contributed by atoms with Crippen molar-refractivity contribution in [3.63, 3.8) is 0 Å². The molecule has 0 fully saturated rings. The van der Waals surface area contributed by atoms with Gasteiger partial charge in [0.15, 0.2) is 0 Å². The summed E-state index contributed by atoms with van der Waals surface area (Å²) in [4.78, 5) is 3.39. The Kier molecular flexibility index (Phi) is 4.78. The third-order valence-corrected chi connectivity index (χ3v) is 5.75. The molecular formula is C24H23N2S+. The standard InChI is InChI=1S/C24H23N2S/c1-25(2)22-12-14-24-19(15-22)9-10-21(26(24)3)11-13-23-16-20(17-27-23)18-7-5-4-6-8-18/h4-17H,1-3H3/q+1. The molecule has 2 heterocycles. The average Bonchev–Trinajstić information content (AvgIpc) is 3.17. The van der Waals surface area contributed by atoms with Gasteiger partial charge in [-0.25, -0.2) is 0 Å². The Morgan fingerprint density at radius 3 is 2.44 bits per heavy atom. The van der Waals surface area contributed by atoms with E-state index in [1.54, 1.807) is 11.3 Å². The summed E-state index contributed by atoms with van der Waals surface area (Å²) >= 11 is 1.78. The van der Waals surface area contributed by atoms with Gasteiger partial charge in [-0.2, -0.15) is 4.57 Å². The van der Waals surface area contributed by atoms with Crippen LogP contribution in [0.15, 0.2) is 72.1 Å². The molecule has 4 rings (SSSR count). The van der Waals surface area contributed by atoms with Crippen molar-refractivity contribution in [3.05, 3.63) is 82.7 Å². The van der Waals surface area contributed by atoms with E-state index in [4.69, 9.17) is 0 Å². The second kappa shape index (κ2) is 7.37. The van der Waals surface area contributed by atoms with Crippen LogP contribution in [0.25, 0.3) is 34.2 Å². The fourth-order valence-electron chi connectivity index (χ4n) is 3.24. The summed E-state index contributed by atoms with van der Waals surface area (Å²) in [5, 5.41) is 3.47. The summed E-state index contributed by atoms with van der Waals surface area (Å²) in [5.41, 5.74) is 6.19. The smallest absolute Gasteiger partial charge is 0.212 e. The SMILES string of the molecule is CN(C)c1ccc2c(ccc(C=Cc3cc(-c4ccccc4)cs3)[n+]2C)c1. The van der Waals surface area contributed by atoms with Crippen molar-refractivity contribution in [2.45, 2.75) is 0 Å². The lowest BCUT2D eigenvalue weighted by atomic mass is 10.1. The molecule has 134 valence electrons. The maximum absolute atomic E-state index is 2.25. The molecule has 2 aromatic carbocycles. The highest BCUT2D eigenvalue weighted by molar-refractivity contribution is 7.11. The summed E-state index contributed by atoms with van der Waals surface area (Å²) in [5.74, 6) is 0. The van der Waals surface area contributed by atoms with Crippen LogP contribution in [0, 0.1) is 0 Å². The van der Waals surface area contributed by atoms with Crippen LogP contribution in [0.5, 0.6) is 0 Å². The molecule has 4 aromatic rings. The first kappa shape index (κ1) is 17.5. The highest BCUT2D eigenvalue weighted by atomic mass is 32.1. The number of benzene rings is 2. The van der Waals surface area contributed by atoms with Crippen LogP contribution in [0.2, 0.25) is 0 Å². The van der Waals surface area contributed by atoms with Crippen LogP contribution >= 0.6 is 11.3 Å². The zero-order valence-corrected chi connectivity index (χ0v) is 16.7. The topological polar surface area (TPSA) is 7.12 Å². The van der Waals surface area contributed by atoms with Gasteiger partial charge in [-0.15, -0.1) is 11.3 Å². The van der Waals surface area contributed by atoms with Gasteiger partial charge in [-0.3, -0.25) is 0 Å². The fraction of sp³-hybridized carbons (Fsp3) is 0.125. The molecule has 0 unspecified atom stereocenters. The molecule has 0 N–H and O–H groups in total. The van der Waals surface area contributed by atoms with E-state index in [0.717, 1.165) is 0 Å². The van der Waals surface area contributed by atoms with E-state index in [1.165, 1.54) is 38.3 Å². The van der Waals surface area contributed by atoms with Gasteiger partial charge in [0.2, 0.25) is 11.2 Å². The third kappa shape index (κ3) is 3.64. The molecule has 0 radical (unpaired) electrons. The van der Waals surface area contributed by atoms with E-state index in [-0.39, 0.29) is 0 Å². The number of rotatable bonds is 4. The summed E-state index contributed by atoms with van der Waals surface area (Å²) in [7, 11) is 6.27. The lowest BCUT2D eigenvalue weighted by Crippen LogP contribution is -2.32. The van der Waals surface area contributed by atoms with Crippen LogP contribution in [0.1, 0.15) is 10.6 Å². The summed E-state index contributed by atoms with van der Waals surface area (Å²) in [6.45, 7) is 0. The molecule has 0 spiro atoms. The number of anilines is 1. The zero-order chi connectivity index (χ0) is 18.8. The number of nitrogens with zero attached hydrogens (tertiary/aromatic N) is 2. The van der Waals surface area contributed by atoms with Crippen molar-refractivity contribution in [1.29, 1.82) is 0 Å². The summed E-state index contributed by atoms with van der Waals surface area (Å²) in [6.07, 6.45) is 4.40. The quantitative estimate of drug-likeness (QED) is 0.422. The molecule has 0 saturated heterocycles. The molecule has 0 aliphatic carbocycles. The van der Waals surface area contributed by atoms with Crippen LogP contribution < -0.4 is 9.47 Å². The number of hydrogen-bond acceptors (Lipinski definition) is 2. The minimum atomic E-state index is 1.19. The monoisotopic (exact) mass is 371 g/mol. The van der Waals surface area contributed by atoms with Crippen LogP contribution in [0.3, 0.4) is 0 Å². The minimum absolute atomic E-state index is 1.19. The number of aromatic nitrogens is 1.